The van der Waals surface area contributed by atoms with Crippen molar-refractivity contribution < 1.29 is 9.32 Å². The molecule has 0 fully saturated rings. The van der Waals surface area contributed by atoms with Gasteiger partial charge in [-0.05, 0) is 29.3 Å². The fraction of sp³-hybridized carbons (Fsp3) is 0.316. The number of benzene rings is 1. The number of aryl methyl sites for hydroxylation is 1. The Balaban J connectivity index is 1.38. The van der Waals surface area contributed by atoms with Gasteiger partial charge in [0.05, 0.1) is 4.88 Å². The van der Waals surface area contributed by atoms with E-state index in [0.29, 0.717) is 43.4 Å². The van der Waals surface area contributed by atoms with Crippen LogP contribution in [0.1, 0.15) is 37.1 Å². The van der Waals surface area contributed by atoms with Crippen LogP contribution < -0.4 is 5.32 Å². The highest BCUT2D eigenvalue weighted by Gasteiger charge is 2.11. The molecule has 0 spiro atoms. The molecule has 0 aliphatic rings. The lowest BCUT2D eigenvalue weighted by molar-refractivity contribution is -0.121. The van der Waals surface area contributed by atoms with Gasteiger partial charge in [0, 0.05) is 19.4 Å². The molecule has 6 heteroatoms. The number of carbonyl (C=O) groups excluding carboxylic acids is 1. The van der Waals surface area contributed by atoms with Crippen molar-refractivity contribution in [3.05, 3.63) is 59.3 Å². The maximum atomic E-state index is 12.0. The molecule has 25 heavy (non-hydrogen) atoms. The highest BCUT2D eigenvalue weighted by molar-refractivity contribution is 7.13. The molecule has 0 saturated heterocycles. The van der Waals surface area contributed by atoms with Crippen LogP contribution in [-0.2, 0) is 11.2 Å². The molecule has 0 saturated carbocycles. The van der Waals surface area contributed by atoms with Crippen LogP contribution in [-0.4, -0.2) is 22.6 Å². The van der Waals surface area contributed by atoms with E-state index in [2.05, 4.69) is 34.5 Å². The Morgan fingerprint density at radius 3 is 2.84 bits per heavy atom. The third-order valence-corrected chi connectivity index (χ3v) is 4.84. The average Bonchev–Trinajstić information content (AvgIpc) is 3.32. The van der Waals surface area contributed by atoms with Crippen molar-refractivity contribution in [1.82, 2.24) is 15.5 Å². The highest BCUT2D eigenvalue weighted by atomic mass is 32.1. The zero-order chi connectivity index (χ0) is 17.5. The second-order valence-corrected chi connectivity index (χ2v) is 6.91. The summed E-state index contributed by atoms with van der Waals surface area (Å²) in [5, 5.41) is 8.94. The van der Waals surface area contributed by atoms with Gasteiger partial charge in [-0.2, -0.15) is 4.98 Å². The van der Waals surface area contributed by atoms with Crippen LogP contribution >= 0.6 is 11.3 Å². The molecule has 1 aromatic carbocycles. The van der Waals surface area contributed by atoms with Gasteiger partial charge in [0.25, 0.3) is 0 Å². The van der Waals surface area contributed by atoms with Gasteiger partial charge < -0.3 is 9.84 Å². The van der Waals surface area contributed by atoms with Crippen molar-refractivity contribution >= 4 is 17.2 Å². The number of hydrogen-bond donors (Lipinski definition) is 1. The Kier molecular flexibility index (Phi) is 5.95. The van der Waals surface area contributed by atoms with E-state index >= 15 is 0 Å². The first kappa shape index (κ1) is 17.4. The summed E-state index contributed by atoms with van der Waals surface area (Å²) in [5.41, 5.74) is 1.23. The van der Waals surface area contributed by atoms with Gasteiger partial charge in [0.1, 0.15) is 0 Å². The zero-order valence-corrected chi connectivity index (χ0v) is 15.0. The standard InChI is InChI=1S/C19H21N3O2S/c1-14(15-7-3-2-4-8-15)13-20-17(23)10-5-11-18-21-19(22-24-18)16-9-6-12-25-16/h2-4,6-9,12,14H,5,10-11,13H2,1H3,(H,20,23)/t14-/m1/s1. The predicted octanol–water partition coefficient (Wildman–Crippen LogP) is 4.04. The van der Waals surface area contributed by atoms with E-state index in [1.807, 2.05) is 35.7 Å². The summed E-state index contributed by atoms with van der Waals surface area (Å²) >= 11 is 1.58. The summed E-state index contributed by atoms with van der Waals surface area (Å²) in [6.07, 6.45) is 1.76. The van der Waals surface area contributed by atoms with Crippen molar-refractivity contribution in [2.75, 3.05) is 6.54 Å². The van der Waals surface area contributed by atoms with Gasteiger partial charge in [-0.1, -0.05) is 48.5 Å². The van der Waals surface area contributed by atoms with E-state index in [-0.39, 0.29) is 5.91 Å². The molecule has 0 unspecified atom stereocenters. The lowest BCUT2D eigenvalue weighted by Crippen LogP contribution is -2.27. The van der Waals surface area contributed by atoms with E-state index in [0.717, 1.165) is 4.88 Å². The van der Waals surface area contributed by atoms with Crippen LogP contribution in [0.25, 0.3) is 10.7 Å². The molecule has 130 valence electrons. The number of aromatic nitrogens is 2. The molecule has 2 heterocycles. The molecular weight excluding hydrogens is 334 g/mol. The minimum atomic E-state index is 0.0563. The molecular formula is C19H21N3O2S. The minimum Gasteiger partial charge on any atom is -0.356 e. The number of carbonyl (C=O) groups is 1. The Morgan fingerprint density at radius 2 is 2.08 bits per heavy atom. The maximum Gasteiger partial charge on any atom is 0.226 e. The first-order valence-electron chi connectivity index (χ1n) is 8.40. The van der Waals surface area contributed by atoms with Crippen LogP contribution in [0.5, 0.6) is 0 Å². The van der Waals surface area contributed by atoms with E-state index < -0.39 is 0 Å². The van der Waals surface area contributed by atoms with Crippen molar-refractivity contribution in [2.45, 2.75) is 32.1 Å². The third kappa shape index (κ3) is 5.00. The molecule has 3 aromatic rings. The lowest BCUT2D eigenvalue weighted by Gasteiger charge is -2.12. The first-order valence-corrected chi connectivity index (χ1v) is 9.28. The predicted molar refractivity (Wildman–Crippen MR) is 98.4 cm³/mol. The largest absolute Gasteiger partial charge is 0.356 e. The monoisotopic (exact) mass is 355 g/mol. The SMILES string of the molecule is C[C@H](CNC(=O)CCCc1nc(-c2cccs2)no1)c1ccccc1. The maximum absolute atomic E-state index is 12.0. The molecule has 0 aliphatic heterocycles. The molecule has 1 atom stereocenters. The second kappa shape index (κ2) is 8.58. The summed E-state index contributed by atoms with van der Waals surface area (Å²) in [5.74, 6) is 1.55. The number of nitrogens with zero attached hydrogens (tertiary/aromatic N) is 2. The molecule has 1 N–H and O–H groups in total. The average molecular weight is 355 g/mol. The topological polar surface area (TPSA) is 68.0 Å². The Hall–Kier alpha value is -2.47. The van der Waals surface area contributed by atoms with Crippen LogP contribution in [0.15, 0.2) is 52.4 Å². The van der Waals surface area contributed by atoms with Gasteiger partial charge >= 0.3 is 0 Å². The van der Waals surface area contributed by atoms with Gasteiger partial charge in [-0.25, -0.2) is 0 Å². The summed E-state index contributed by atoms with van der Waals surface area (Å²) in [4.78, 5) is 17.3. The first-order chi connectivity index (χ1) is 12.2. The number of rotatable bonds is 8. The van der Waals surface area contributed by atoms with Crippen molar-refractivity contribution in [3.63, 3.8) is 0 Å². The molecule has 0 aliphatic carbocycles. The number of amides is 1. The van der Waals surface area contributed by atoms with Crippen LogP contribution in [0, 0.1) is 0 Å². The van der Waals surface area contributed by atoms with E-state index in [4.69, 9.17) is 4.52 Å². The lowest BCUT2D eigenvalue weighted by atomic mass is 10.0. The van der Waals surface area contributed by atoms with E-state index in [9.17, 15) is 4.79 Å². The van der Waals surface area contributed by atoms with E-state index in [1.165, 1.54) is 5.56 Å². The van der Waals surface area contributed by atoms with Gasteiger partial charge in [0.2, 0.25) is 17.6 Å². The molecule has 0 bridgehead atoms. The second-order valence-electron chi connectivity index (χ2n) is 5.96. The molecule has 5 nitrogen and oxygen atoms in total. The summed E-state index contributed by atoms with van der Waals surface area (Å²) < 4.78 is 5.24. The molecule has 3 rings (SSSR count). The summed E-state index contributed by atoms with van der Waals surface area (Å²) in [7, 11) is 0. The summed E-state index contributed by atoms with van der Waals surface area (Å²) in [6.45, 7) is 2.76. The minimum absolute atomic E-state index is 0.0563. The van der Waals surface area contributed by atoms with Crippen LogP contribution in [0.3, 0.4) is 0 Å². The van der Waals surface area contributed by atoms with Gasteiger partial charge in [-0.15, -0.1) is 11.3 Å². The highest BCUT2D eigenvalue weighted by Crippen LogP contribution is 2.21. The Labute approximate surface area is 151 Å². The number of thiophene rings is 1. The zero-order valence-electron chi connectivity index (χ0n) is 14.1. The normalized spacial score (nSPS) is 12.0. The molecule has 0 radical (unpaired) electrons. The van der Waals surface area contributed by atoms with Gasteiger partial charge in [0.15, 0.2) is 0 Å². The smallest absolute Gasteiger partial charge is 0.226 e. The van der Waals surface area contributed by atoms with Crippen molar-refractivity contribution in [3.8, 4) is 10.7 Å². The Morgan fingerprint density at radius 1 is 1.24 bits per heavy atom. The van der Waals surface area contributed by atoms with Crippen molar-refractivity contribution in [2.24, 2.45) is 0 Å². The quantitative estimate of drug-likeness (QED) is 0.662. The molecule has 1 amide bonds. The summed E-state index contributed by atoms with van der Waals surface area (Å²) in [6, 6.07) is 14.1. The van der Waals surface area contributed by atoms with Crippen LogP contribution in [0.2, 0.25) is 0 Å². The van der Waals surface area contributed by atoms with E-state index in [1.54, 1.807) is 11.3 Å². The third-order valence-electron chi connectivity index (χ3n) is 3.98. The number of hydrogen-bond acceptors (Lipinski definition) is 5. The van der Waals surface area contributed by atoms with Crippen molar-refractivity contribution in [1.29, 1.82) is 0 Å². The van der Waals surface area contributed by atoms with Crippen LogP contribution in [0.4, 0.5) is 0 Å². The fourth-order valence-electron chi connectivity index (χ4n) is 2.52. The molecule has 2 aromatic heterocycles. The fourth-order valence-corrected chi connectivity index (χ4v) is 3.17. The van der Waals surface area contributed by atoms with Gasteiger partial charge in [-0.3, -0.25) is 4.79 Å². The number of nitrogens with one attached hydrogen (secondary N) is 1. The Bertz CT molecular complexity index is 784.